The van der Waals surface area contributed by atoms with E-state index >= 15 is 0 Å². The van der Waals surface area contributed by atoms with Crippen molar-refractivity contribution in [3.63, 3.8) is 0 Å². The first-order valence-electron chi connectivity index (χ1n) is 7.15. The molecule has 1 radical (unpaired) electrons. The average Bonchev–Trinajstić information content (AvgIpc) is 2.44. The van der Waals surface area contributed by atoms with Gasteiger partial charge in [-0.25, -0.2) is 9.79 Å². The van der Waals surface area contributed by atoms with Gasteiger partial charge < -0.3 is 4.65 Å². The summed E-state index contributed by atoms with van der Waals surface area (Å²) in [5.41, 5.74) is 3.21. The molecule has 0 aromatic heterocycles. The van der Waals surface area contributed by atoms with Gasteiger partial charge in [0.05, 0.1) is 5.69 Å². The van der Waals surface area contributed by atoms with Crippen LogP contribution in [-0.4, -0.2) is 25.7 Å². The molecule has 5 heteroatoms. The van der Waals surface area contributed by atoms with Gasteiger partial charge in [0.25, 0.3) is 0 Å². The number of aliphatic imine (C=N–C) groups is 1. The summed E-state index contributed by atoms with van der Waals surface area (Å²) < 4.78 is 16.7. The van der Waals surface area contributed by atoms with Crippen LogP contribution in [0.15, 0.2) is 23.2 Å². The zero-order chi connectivity index (χ0) is 16.0. The van der Waals surface area contributed by atoms with Gasteiger partial charge in [-0.15, -0.1) is 0 Å². The molecule has 0 aliphatic heterocycles. The van der Waals surface area contributed by atoms with Gasteiger partial charge in [0, 0.05) is 0 Å². The molecule has 0 heterocycles. The highest BCUT2D eigenvalue weighted by molar-refractivity contribution is 6.43. The van der Waals surface area contributed by atoms with Crippen molar-refractivity contribution < 1.29 is 13.8 Å². The maximum absolute atomic E-state index is 12.0. The molecule has 0 bridgehead atoms. The van der Waals surface area contributed by atoms with E-state index in [0.717, 1.165) is 24.3 Å². The molecule has 0 fully saturated rings. The predicted molar refractivity (Wildman–Crippen MR) is 85.2 cm³/mol. The zero-order valence-corrected chi connectivity index (χ0v) is 13.3. The smallest absolute Gasteiger partial charge is 0.407 e. The highest BCUT2D eigenvalue weighted by atomic mass is 19.1. The third kappa shape index (κ3) is 4.69. The maximum atomic E-state index is 12.0. The van der Waals surface area contributed by atoms with Crippen molar-refractivity contribution in [2.45, 2.75) is 46.5 Å². The van der Waals surface area contributed by atoms with Crippen molar-refractivity contribution in [2.75, 3.05) is 6.57 Å². The lowest BCUT2D eigenvalue weighted by Crippen LogP contribution is -2.17. The van der Waals surface area contributed by atoms with Gasteiger partial charge in [-0.05, 0) is 29.9 Å². The molecule has 0 aliphatic carbocycles. The van der Waals surface area contributed by atoms with Crippen LogP contribution < -0.4 is 0 Å². The van der Waals surface area contributed by atoms with E-state index in [-0.39, 0.29) is 5.71 Å². The second-order valence-electron chi connectivity index (χ2n) is 5.52. The van der Waals surface area contributed by atoms with E-state index in [4.69, 9.17) is 0 Å². The topological polar surface area (TPSA) is 38.7 Å². The number of benzene rings is 1. The van der Waals surface area contributed by atoms with Gasteiger partial charge >= 0.3 is 13.5 Å². The molecule has 0 saturated heterocycles. The molecule has 0 amide bonds. The van der Waals surface area contributed by atoms with Crippen molar-refractivity contribution in [3.05, 3.63) is 29.3 Å². The minimum atomic E-state index is -0.807. The summed E-state index contributed by atoms with van der Waals surface area (Å²) in [4.78, 5) is 16.2. The van der Waals surface area contributed by atoms with Gasteiger partial charge in [0.1, 0.15) is 12.3 Å². The maximum Gasteiger partial charge on any atom is 0.407 e. The Kier molecular flexibility index (Phi) is 6.60. The molecule has 21 heavy (non-hydrogen) atoms. The summed E-state index contributed by atoms with van der Waals surface area (Å²) in [5, 5.41) is 0. The van der Waals surface area contributed by atoms with Crippen molar-refractivity contribution in [3.8, 4) is 0 Å². The number of halogens is 1. The van der Waals surface area contributed by atoms with Gasteiger partial charge in [-0.3, -0.25) is 4.39 Å². The summed E-state index contributed by atoms with van der Waals surface area (Å²) in [6.07, 6.45) is 0. The number of rotatable bonds is 6. The molecule has 0 unspecified atom stereocenters. The van der Waals surface area contributed by atoms with Crippen LogP contribution in [0.1, 0.15) is 57.6 Å². The highest BCUT2D eigenvalue weighted by Gasteiger charge is 2.15. The molecule has 0 N–H and O–H groups in total. The molecule has 3 nitrogen and oxygen atoms in total. The highest BCUT2D eigenvalue weighted by Crippen LogP contribution is 2.34. The van der Waals surface area contributed by atoms with Crippen LogP contribution in [0.4, 0.5) is 10.1 Å². The molecule has 0 atom stereocenters. The quantitative estimate of drug-likeness (QED) is 0.584. The first-order valence-corrected chi connectivity index (χ1v) is 7.15. The van der Waals surface area contributed by atoms with E-state index in [1.807, 2.05) is 18.2 Å². The Morgan fingerprint density at radius 1 is 1.24 bits per heavy atom. The van der Waals surface area contributed by atoms with Crippen LogP contribution in [0.25, 0.3) is 0 Å². The Bertz CT molecular complexity index is 501. The van der Waals surface area contributed by atoms with Crippen LogP contribution in [0.5, 0.6) is 0 Å². The van der Waals surface area contributed by atoms with Gasteiger partial charge in [-0.1, -0.05) is 45.9 Å². The Hall–Kier alpha value is -1.65. The minimum Gasteiger partial charge on any atom is -0.531 e. The van der Waals surface area contributed by atoms with E-state index in [2.05, 4.69) is 37.3 Å². The van der Waals surface area contributed by atoms with E-state index in [1.165, 1.54) is 0 Å². The fraction of sp³-hybridized carbons (Fsp3) is 0.500. The number of carbonyl (C=O) groups excluding carboxylic acids is 1. The number of nitrogens with zero attached hydrogens (tertiary/aromatic N) is 1. The lowest BCUT2D eigenvalue weighted by Gasteiger charge is -2.16. The van der Waals surface area contributed by atoms with E-state index in [1.54, 1.807) is 6.92 Å². The monoisotopic (exact) mass is 290 g/mol. The van der Waals surface area contributed by atoms with Crippen molar-refractivity contribution in [1.29, 1.82) is 0 Å². The number of carbonyl (C=O) groups is 1. The molecular formula is C16H22BFNO2. The summed E-state index contributed by atoms with van der Waals surface area (Å²) in [6.45, 7) is 9.12. The number of para-hydroxylation sites is 1. The zero-order valence-electron chi connectivity index (χ0n) is 13.3. The van der Waals surface area contributed by atoms with Crippen LogP contribution in [0, 0.1) is 0 Å². The number of hydrogen-bond donors (Lipinski definition) is 0. The lowest BCUT2D eigenvalue weighted by atomic mass is 9.93. The normalized spacial score (nSPS) is 11.9. The number of alkyl halides is 1. The predicted octanol–water partition coefficient (Wildman–Crippen LogP) is 4.12. The van der Waals surface area contributed by atoms with E-state index in [9.17, 15) is 9.18 Å². The number of hydrogen-bond acceptors (Lipinski definition) is 3. The van der Waals surface area contributed by atoms with E-state index in [0.29, 0.717) is 11.8 Å². The van der Waals surface area contributed by atoms with E-state index < -0.39 is 12.5 Å². The molecule has 113 valence electrons. The summed E-state index contributed by atoms with van der Waals surface area (Å²) in [7, 11) is 0.832. The molecule has 0 spiro atoms. The summed E-state index contributed by atoms with van der Waals surface area (Å²) in [5.74, 6) is -0.0340. The van der Waals surface area contributed by atoms with Crippen LogP contribution in [0.3, 0.4) is 0 Å². The first kappa shape index (κ1) is 17.4. The lowest BCUT2D eigenvalue weighted by molar-refractivity contribution is -0.127. The molecule has 1 rings (SSSR count). The Labute approximate surface area is 126 Å². The van der Waals surface area contributed by atoms with Crippen molar-refractivity contribution in [1.82, 2.24) is 0 Å². The molecule has 0 aliphatic rings. The van der Waals surface area contributed by atoms with Crippen LogP contribution in [-0.2, 0) is 9.45 Å². The average molecular weight is 290 g/mol. The van der Waals surface area contributed by atoms with Crippen LogP contribution >= 0.6 is 0 Å². The summed E-state index contributed by atoms with van der Waals surface area (Å²) >= 11 is 0. The SMILES string of the molecule is CC(=Nc1c(C(C)C)cccc1C(C)C)C(=O)O[B]CF. The molecule has 1 aromatic rings. The Morgan fingerprint density at radius 2 is 1.76 bits per heavy atom. The van der Waals surface area contributed by atoms with Gasteiger partial charge in [0.15, 0.2) is 0 Å². The fourth-order valence-corrected chi connectivity index (χ4v) is 2.05. The summed E-state index contributed by atoms with van der Waals surface area (Å²) in [6, 6.07) is 6.04. The minimum absolute atomic E-state index is 0.217. The van der Waals surface area contributed by atoms with Crippen molar-refractivity contribution in [2.24, 2.45) is 4.99 Å². The fourth-order valence-electron chi connectivity index (χ4n) is 2.05. The third-order valence-electron chi connectivity index (χ3n) is 3.17. The van der Waals surface area contributed by atoms with Gasteiger partial charge in [-0.2, -0.15) is 0 Å². The van der Waals surface area contributed by atoms with Crippen LogP contribution in [0.2, 0.25) is 0 Å². The third-order valence-corrected chi connectivity index (χ3v) is 3.17. The molecule has 1 aromatic carbocycles. The Balaban J connectivity index is 3.23. The largest absolute Gasteiger partial charge is 0.531 e. The standard InChI is InChI=1S/C16H22BFNO2/c1-10(2)13-7-6-8-14(11(3)4)15(13)19-12(5)16(20)21-17-9-18/h6-8,10-11H,9H2,1-5H3. The molecule has 0 saturated carbocycles. The first-order chi connectivity index (χ1) is 9.88. The van der Waals surface area contributed by atoms with Gasteiger partial charge in [0.2, 0.25) is 0 Å². The second-order valence-corrected chi connectivity index (χ2v) is 5.52. The van der Waals surface area contributed by atoms with Crippen molar-refractivity contribution >= 4 is 24.9 Å². The Morgan fingerprint density at radius 3 is 2.19 bits per heavy atom. The second kappa shape index (κ2) is 7.96. The molecular weight excluding hydrogens is 268 g/mol.